The van der Waals surface area contributed by atoms with Crippen molar-refractivity contribution in [3.63, 3.8) is 0 Å². The largest absolute Gasteiger partial charge is 0.343 e. The minimum atomic E-state index is -0.750. The van der Waals surface area contributed by atoms with Gasteiger partial charge >= 0.3 is 0 Å². The molecule has 0 bridgehead atoms. The van der Waals surface area contributed by atoms with Gasteiger partial charge in [0.15, 0.2) is 0 Å². The lowest BCUT2D eigenvalue weighted by atomic mass is 10.2. The third-order valence-electron chi connectivity index (χ3n) is 3.94. The fourth-order valence-electron chi connectivity index (χ4n) is 2.64. The van der Waals surface area contributed by atoms with Crippen molar-refractivity contribution in [1.82, 2.24) is 10.2 Å². The Hall–Kier alpha value is -2.41. The molecule has 0 spiro atoms. The molecule has 1 atom stereocenters. The summed E-state index contributed by atoms with van der Waals surface area (Å²) >= 11 is 5.72. The fraction of sp³-hybridized carbons (Fsp3) is 0.353. The maximum Gasteiger partial charge on any atom is 0.249 e. The molecule has 134 valence electrons. The van der Waals surface area contributed by atoms with Crippen LogP contribution in [-0.2, 0) is 14.4 Å². The molecule has 0 aromatic heterocycles. The highest BCUT2D eigenvalue weighted by atomic mass is 35.5. The third-order valence-corrected chi connectivity index (χ3v) is 4.18. The van der Waals surface area contributed by atoms with E-state index in [1.807, 2.05) is 0 Å². The summed E-state index contributed by atoms with van der Waals surface area (Å²) in [4.78, 5) is 38.7. The number of benzene rings is 1. The maximum atomic E-state index is 14.0. The Bertz CT molecular complexity index is 710. The lowest BCUT2D eigenvalue weighted by Gasteiger charge is -2.20. The van der Waals surface area contributed by atoms with Crippen molar-refractivity contribution in [1.29, 1.82) is 0 Å². The molecule has 6 nitrogen and oxygen atoms in total. The summed E-state index contributed by atoms with van der Waals surface area (Å²) < 4.78 is 14.0. The van der Waals surface area contributed by atoms with Crippen LogP contribution in [0.15, 0.2) is 30.9 Å². The normalized spacial score (nSPS) is 16.7. The van der Waals surface area contributed by atoms with Gasteiger partial charge in [-0.1, -0.05) is 18.2 Å². The summed E-state index contributed by atoms with van der Waals surface area (Å²) in [6, 6.07) is 3.32. The van der Waals surface area contributed by atoms with E-state index in [9.17, 15) is 18.8 Å². The van der Waals surface area contributed by atoms with Crippen molar-refractivity contribution < 1.29 is 18.8 Å². The predicted molar refractivity (Wildman–Crippen MR) is 92.8 cm³/mol. The van der Waals surface area contributed by atoms with Gasteiger partial charge in [0.05, 0.1) is 12.2 Å². The first-order valence-corrected chi connectivity index (χ1v) is 8.22. The number of likely N-dealkylation sites (N-methyl/N-ethyl adjacent to an activating group) is 1. The first-order valence-electron chi connectivity index (χ1n) is 7.84. The van der Waals surface area contributed by atoms with Gasteiger partial charge in [0.1, 0.15) is 11.9 Å². The predicted octanol–water partition coefficient (Wildman–Crippen LogP) is 1.74. The molecule has 0 aliphatic carbocycles. The minimum absolute atomic E-state index is 0.128. The Morgan fingerprint density at radius 3 is 2.84 bits per heavy atom. The number of carbonyl (C=O) groups is 3. The quantitative estimate of drug-likeness (QED) is 0.778. The molecular weight excluding hydrogens is 349 g/mol. The number of nitrogens with zero attached hydrogens (tertiary/aromatic N) is 2. The molecule has 0 radical (unpaired) electrons. The molecule has 8 heteroatoms. The van der Waals surface area contributed by atoms with Crippen molar-refractivity contribution in [2.24, 2.45) is 0 Å². The fourth-order valence-corrected chi connectivity index (χ4v) is 2.80. The number of nitrogens with one attached hydrogen (secondary N) is 1. The van der Waals surface area contributed by atoms with E-state index in [4.69, 9.17) is 11.6 Å². The molecule has 3 amide bonds. The van der Waals surface area contributed by atoms with Crippen LogP contribution in [0.2, 0.25) is 5.02 Å². The molecule has 1 saturated heterocycles. The second-order valence-corrected chi connectivity index (χ2v) is 5.99. The molecule has 1 fully saturated rings. The molecule has 1 N–H and O–H groups in total. The van der Waals surface area contributed by atoms with Crippen LogP contribution in [0.3, 0.4) is 0 Å². The van der Waals surface area contributed by atoms with Crippen LogP contribution in [0.4, 0.5) is 10.1 Å². The monoisotopic (exact) mass is 367 g/mol. The van der Waals surface area contributed by atoms with Gasteiger partial charge < -0.3 is 15.1 Å². The second kappa shape index (κ2) is 8.11. The van der Waals surface area contributed by atoms with E-state index in [-0.39, 0.29) is 29.7 Å². The molecular formula is C17H19ClFN3O3. The van der Waals surface area contributed by atoms with Crippen molar-refractivity contribution >= 4 is 35.0 Å². The lowest BCUT2D eigenvalue weighted by molar-refractivity contribution is -0.133. The van der Waals surface area contributed by atoms with E-state index in [2.05, 4.69) is 11.9 Å². The first-order chi connectivity index (χ1) is 11.9. The Morgan fingerprint density at radius 1 is 1.52 bits per heavy atom. The number of carbonyl (C=O) groups excluding carboxylic acids is 3. The van der Waals surface area contributed by atoms with E-state index < -0.39 is 23.7 Å². The van der Waals surface area contributed by atoms with Crippen molar-refractivity contribution in [3.05, 3.63) is 41.7 Å². The SMILES string of the molecule is C=CC(=O)N(CC)CC(=O)NC1CCN(c2ccc(Cl)cc2F)C1=O. The first kappa shape index (κ1) is 18.9. The highest BCUT2D eigenvalue weighted by molar-refractivity contribution is 6.30. The van der Waals surface area contributed by atoms with Crippen LogP contribution in [0.5, 0.6) is 0 Å². The van der Waals surface area contributed by atoms with Crippen LogP contribution in [0.1, 0.15) is 13.3 Å². The van der Waals surface area contributed by atoms with Gasteiger partial charge in [-0.15, -0.1) is 0 Å². The van der Waals surface area contributed by atoms with E-state index in [1.165, 1.54) is 21.9 Å². The Balaban J connectivity index is 2.01. The number of anilines is 1. The molecule has 1 unspecified atom stereocenters. The number of rotatable bonds is 6. The zero-order valence-electron chi connectivity index (χ0n) is 13.8. The summed E-state index contributed by atoms with van der Waals surface area (Å²) in [6.07, 6.45) is 1.48. The lowest BCUT2D eigenvalue weighted by Crippen LogP contribution is -2.46. The highest BCUT2D eigenvalue weighted by Gasteiger charge is 2.35. The van der Waals surface area contributed by atoms with Gasteiger partial charge in [0.2, 0.25) is 17.7 Å². The minimum Gasteiger partial charge on any atom is -0.343 e. The molecule has 25 heavy (non-hydrogen) atoms. The average Bonchev–Trinajstić information content (AvgIpc) is 2.92. The number of hydrogen-bond donors (Lipinski definition) is 1. The van der Waals surface area contributed by atoms with Crippen LogP contribution in [-0.4, -0.2) is 48.3 Å². The number of amides is 3. The smallest absolute Gasteiger partial charge is 0.249 e. The van der Waals surface area contributed by atoms with Crippen molar-refractivity contribution in [2.45, 2.75) is 19.4 Å². The Kier molecular flexibility index (Phi) is 6.14. The van der Waals surface area contributed by atoms with Crippen molar-refractivity contribution in [3.8, 4) is 0 Å². The van der Waals surface area contributed by atoms with Crippen LogP contribution in [0, 0.1) is 5.82 Å². The summed E-state index contributed by atoms with van der Waals surface area (Å²) in [6.45, 7) is 5.58. The second-order valence-electron chi connectivity index (χ2n) is 5.55. The van der Waals surface area contributed by atoms with Crippen LogP contribution in [0.25, 0.3) is 0 Å². The van der Waals surface area contributed by atoms with Crippen LogP contribution < -0.4 is 10.2 Å². The highest BCUT2D eigenvalue weighted by Crippen LogP contribution is 2.26. The summed E-state index contributed by atoms with van der Waals surface area (Å²) in [5.74, 6) is -1.80. The van der Waals surface area contributed by atoms with Gasteiger partial charge in [-0.05, 0) is 37.6 Å². The standard InChI is InChI=1S/C17H19ClFN3O3/c1-3-16(24)21(4-2)10-15(23)20-13-7-8-22(17(13)25)14-6-5-11(18)9-12(14)19/h3,5-6,9,13H,1,4,7-8,10H2,2H3,(H,20,23). The van der Waals surface area contributed by atoms with E-state index >= 15 is 0 Å². The molecule has 1 aromatic carbocycles. The third kappa shape index (κ3) is 4.36. The Labute approximate surface area is 150 Å². The topological polar surface area (TPSA) is 69.7 Å². The zero-order valence-corrected chi connectivity index (χ0v) is 14.6. The number of halogens is 2. The summed E-state index contributed by atoms with van der Waals surface area (Å²) in [5, 5.41) is 2.84. The molecule has 1 aromatic rings. The summed E-state index contributed by atoms with van der Waals surface area (Å²) in [5.41, 5.74) is 0.128. The van der Waals surface area contributed by atoms with E-state index in [0.29, 0.717) is 13.0 Å². The van der Waals surface area contributed by atoms with Crippen LogP contribution >= 0.6 is 11.6 Å². The molecule has 0 saturated carbocycles. The van der Waals surface area contributed by atoms with Gasteiger partial charge in [0.25, 0.3) is 0 Å². The van der Waals surface area contributed by atoms with E-state index in [0.717, 1.165) is 12.1 Å². The van der Waals surface area contributed by atoms with Gasteiger partial charge in [0, 0.05) is 18.1 Å². The summed E-state index contributed by atoms with van der Waals surface area (Å²) in [7, 11) is 0. The van der Waals surface area contributed by atoms with Gasteiger partial charge in [-0.25, -0.2) is 4.39 Å². The Morgan fingerprint density at radius 2 is 2.24 bits per heavy atom. The van der Waals surface area contributed by atoms with E-state index in [1.54, 1.807) is 6.92 Å². The maximum absolute atomic E-state index is 14.0. The molecule has 1 heterocycles. The van der Waals surface area contributed by atoms with Gasteiger partial charge in [-0.2, -0.15) is 0 Å². The molecule has 1 aliphatic rings. The number of hydrogen-bond acceptors (Lipinski definition) is 3. The zero-order chi connectivity index (χ0) is 18.6. The average molecular weight is 368 g/mol. The van der Waals surface area contributed by atoms with Gasteiger partial charge in [-0.3, -0.25) is 14.4 Å². The van der Waals surface area contributed by atoms with Crippen molar-refractivity contribution in [2.75, 3.05) is 24.5 Å². The molecule has 1 aliphatic heterocycles. The molecule has 2 rings (SSSR count).